The van der Waals surface area contributed by atoms with E-state index >= 15 is 0 Å². The molecule has 3 atom stereocenters. The Labute approximate surface area is 173 Å². The van der Waals surface area contributed by atoms with Crippen molar-refractivity contribution >= 4 is 21.6 Å². The first-order chi connectivity index (χ1) is 13.8. The summed E-state index contributed by atoms with van der Waals surface area (Å²) in [5, 5.41) is 0. The third kappa shape index (κ3) is 4.44. The first-order valence-electron chi connectivity index (χ1n) is 10.6. The molecule has 1 aromatic carbocycles. The van der Waals surface area contributed by atoms with Gasteiger partial charge in [-0.2, -0.15) is 0 Å². The summed E-state index contributed by atoms with van der Waals surface area (Å²) in [4.78, 5) is 17.5. The van der Waals surface area contributed by atoms with E-state index in [0.717, 1.165) is 39.0 Å². The maximum absolute atomic E-state index is 13.1. The number of benzene rings is 1. The van der Waals surface area contributed by atoms with Gasteiger partial charge in [0.25, 0.3) is 5.91 Å². The van der Waals surface area contributed by atoms with Crippen LogP contribution in [-0.2, 0) is 14.8 Å². The molecule has 4 rings (SSSR count). The normalized spacial score (nSPS) is 30.1. The summed E-state index contributed by atoms with van der Waals surface area (Å²) in [6.07, 6.45) is 3.14. The number of sulfonamides is 1. The van der Waals surface area contributed by atoms with Crippen LogP contribution >= 0.6 is 0 Å². The summed E-state index contributed by atoms with van der Waals surface area (Å²) >= 11 is 0. The average molecular weight is 422 g/mol. The van der Waals surface area contributed by atoms with Gasteiger partial charge in [0.1, 0.15) is 0 Å². The van der Waals surface area contributed by atoms with E-state index in [9.17, 15) is 13.2 Å². The van der Waals surface area contributed by atoms with E-state index in [1.807, 2.05) is 4.90 Å². The largest absolute Gasteiger partial charge is 0.373 e. The molecule has 3 saturated heterocycles. The minimum Gasteiger partial charge on any atom is -0.373 e. The summed E-state index contributed by atoms with van der Waals surface area (Å²) in [5.41, 5.74) is 1.27. The Morgan fingerprint density at radius 3 is 2.38 bits per heavy atom. The Morgan fingerprint density at radius 2 is 1.76 bits per heavy atom. The number of morpholine rings is 1. The number of hydrogen-bond donors (Lipinski definition) is 0. The SMILES string of the molecule is CC1CN(CC2CCCN2C(=O)c2ccc(N3CCCS3(=O)=O)cc2)CC(C)O1. The number of anilines is 1. The Bertz CT molecular complexity index is 832. The van der Waals surface area contributed by atoms with E-state index < -0.39 is 10.0 Å². The topological polar surface area (TPSA) is 70.2 Å². The van der Waals surface area contributed by atoms with Gasteiger partial charge < -0.3 is 9.64 Å². The molecule has 1 aromatic rings. The van der Waals surface area contributed by atoms with Crippen LogP contribution in [0.1, 0.15) is 43.5 Å². The van der Waals surface area contributed by atoms with Gasteiger partial charge in [0.2, 0.25) is 10.0 Å². The first kappa shape index (κ1) is 20.6. The minimum absolute atomic E-state index is 0.0395. The molecular weight excluding hydrogens is 390 g/mol. The number of likely N-dealkylation sites (tertiary alicyclic amines) is 1. The van der Waals surface area contributed by atoms with Gasteiger partial charge in [0.05, 0.1) is 23.6 Å². The predicted octanol–water partition coefficient (Wildman–Crippen LogP) is 1.94. The molecule has 1 amide bonds. The maximum atomic E-state index is 13.1. The van der Waals surface area contributed by atoms with Crippen LogP contribution in [0.25, 0.3) is 0 Å². The number of ether oxygens (including phenoxy) is 1. The average Bonchev–Trinajstić information content (AvgIpc) is 3.26. The fourth-order valence-electron chi connectivity index (χ4n) is 4.89. The number of hydrogen-bond acceptors (Lipinski definition) is 5. The van der Waals surface area contributed by atoms with Crippen molar-refractivity contribution in [3.05, 3.63) is 29.8 Å². The minimum atomic E-state index is -3.20. The smallest absolute Gasteiger partial charge is 0.254 e. The lowest BCUT2D eigenvalue weighted by molar-refractivity contribution is -0.0715. The van der Waals surface area contributed by atoms with Crippen molar-refractivity contribution in [1.82, 2.24) is 9.80 Å². The highest BCUT2D eigenvalue weighted by molar-refractivity contribution is 7.93. The lowest BCUT2D eigenvalue weighted by Gasteiger charge is -2.38. The molecular formula is C21H31N3O4S. The molecule has 0 aromatic heterocycles. The molecule has 29 heavy (non-hydrogen) atoms. The molecule has 0 radical (unpaired) electrons. The van der Waals surface area contributed by atoms with E-state index in [1.165, 1.54) is 4.31 Å². The van der Waals surface area contributed by atoms with Crippen molar-refractivity contribution < 1.29 is 17.9 Å². The van der Waals surface area contributed by atoms with E-state index in [2.05, 4.69) is 18.7 Å². The van der Waals surface area contributed by atoms with Crippen LogP contribution in [-0.4, -0.2) is 80.9 Å². The number of rotatable bonds is 4. The highest BCUT2D eigenvalue weighted by atomic mass is 32.2. The maximum Gasteiger partial charge on any atom is 0.254 e. The standard InChI is InChI=1S/C21H31N3O4S/c1-16-13-22(14-17(2)28-16)15-20-5-3-10-23(20)21(25)18-6-8-19(9-7-18)24-11-4-12-29(24,26)27/h6-9,16-17,20H,3-5,10-15H2,1-2H3. The third-order valence-electron chi connectivity index (χ3n) is 6.10. The molecule has 3 fully saturated rings. The fraction of sp³-hybridized carbons (Fsp3) is 0.667. The third-order valence-corrected chi connectivity index (χ3v) is 7.97. The van der Waals surface area contributed by atoms with Crippen molar-refractivity contribution in [2.45, 2.75) is 51.4 Å². The Balaban J connectivity index is 1.43. The lowest BCUT2D eigenvalue weighted by atomic mass is 10.1. The Morgan fingerprint density at radius 1 is 1.07 bits per heavy atom. The zero-order valence-corrected chi connectivity index (χ0v) is 18.1. The van der Waals surface area contributed by atoms with Crippen molar-refractivity contribution in [3.63, 3.8) is 0 Å². The van der Waals surface area contributed by atoms with Gasteiger partial charge in [0.15, 0.2) is 0 Å². The molecule has 3 aliphatic heterocycles. The van der Waals surface area contributed by atoms with Crippen LogP contribution in [0.4, 0.5) is 5.69 Å². The molecule has 3 unspecified atom stereocenters. The number of carbonyl (C=O) groups is 1. The zero-order chi connectivity index (χ0) is 20.6. The summed E-state index contributed by atoms with van der Waals surface area (Å²) in [7, 11) is -3.20. The number of carbonyl (C=O) groups excluding carboxylic acids is 1. The van der Waals surface area contributed by atoms with Gasteiger partial charge in [-0.1, -0.05) is 0 Å². The quantitative estimate of drug-likeness (QED) is 0.743. The van der Waals surface area contributed by atoms with Gasteiger partial charge in [-0.3, -0.25) is 14.0 Å². The predicted molar refractivity (Wildman–Crippen MR) is 113 cm³/mol. The van der Waals surface area contributed by atoms with Crippen molar-refractivity contribution in [1.29, 1.82) is 0 Å². The van der Waals surface area contributed by atoms with Gasteiger partial charge >= 0.3 is 0 Å². The molecule has 160 valence electrons. The molecule has 0 saturated carbocycles. The second-order valence-electron chi connectivity index (χ2n) is 8.56. The van der Waals surface area contributed by atoms with Crippen LogP contribution in [0.3, 0.4) is 0 Å². The fourth-order valence-corrected chi connectivity index (χ4v) is 6.45. The second kappa shape index (κ2) is 8.24. The lowest BCUT2D eigenvalue weighted by Crippen LogP contribution is -2.50. The van der Waals surface area contributed by atoms with Crippen molar-refractivity contribution in [3.8, 4) is 0 Å². The van der Waals surface area contributed by atoms with Crippen LogP contribution < -0.4 is 4.31 Å². The number of amides is 1. The van der Waals surface area contributed by atoms with Gasteiger partial charge in [-0.05, 0) is 57.4 Å². The van der Waals surface area contributed by atoms with Crippen LogP contribution in [0, 0.1) is 0 Å². The highest BCUT2D eigenvalue weighted by Crippen LogP contribution is 2.26. The van der Waals surface area contributed by atoms with Crippen LogP contribution in [0.5, 0.6) is 0 Å². The molecule has 0 bridgehead atoms. The molecule has 3 heterocycles. The van der Waals surface area contributed by atoms with Gasteiger partial charge in [-0.25, -0.2) is 8.42 Å². The van der Waals surface area contributed by atoms with Crippen LogP contribution in [0.2, 0.25) is 0 Å². The van der Waals surface area contributed by atoms with E-state index in [-0.39, 0.29) is 29.9 Å². The summed E-state index contributed by atoms with van der Waals surface area (Å²) < 4.78 is 31.5. The molecule has 7 nitrogen and oxygen atoms in total. The van der Waals surface area contributed by atoms with Crippen molar-refractivity contribution in [2.75, 3.05) is 42.8 Å². The second-order valence-corrected chi connectivity index (χ2v) is 10.6. The highest BCUT2D eigenvalue weighted by Gasteiger charge is 2.33. The zero-order valence-electron chi connectivity index (χ0n) is 17.3. The summed E-state index contributed by atoms with van der Waals surface area (Å²) in [6.45, 7) is 8.18. The Kier molecular flexibility index (Phi) is 5.86. The monoisotopic (exact) mass is 421 g/mol. The van der Waals surface area contributed by atoms with Gasteiger partial charge in [0, 0.05) is 44.3 Å². The summed E-state index contributed by atoms with van der Waals surface area (Å²) in [6, 6.07) is 7.26. The Hall–Kier alpha value is -1.64. The van der Waals surface area contributed by atoms with E-state index in [1.54, 1.807) is 24.3 Å². The summed E-state index contributed by atoms with van der Waals surface area (Å²) in [5.74, 6) is 0.236. The van der Waals surface area contributed by atoms with Gasteiger partial charge in [-0.15, -0.1) is 0 Å². The number of nitrogens with zero attached hydrogens (tertiary/aromatic N) is 3. The molecule has 0 aliphatic carbocycles. The molecule has 0 N–H and O–H groups in total. The van der Waals surface area contributed by atoms with Crippen molar-refractivity contribution in [2.24, 2.45) is 0 Å². The van der Waals surface area contributed by atoms with Crippen LogP contribution in [0.15, 0.2) is 24.3 Å². The molecule has 3 aliphatic rings. The molecule has 0 spiro atoms. The molecule has 8 heteroatoms. The van der Waals surface area contributed by atoms with E-state index in [0.29, 0.717) is 24.2 Å². The first-order valence-corrected chi connectivity index (χ1v) is 12.2. The van der Waals surface area contributed by atoms with E-state index in [4.69, 9.17) is 4.74 Å².